The molecule has 2 aromatic rings. The van der Waals surface area contributed by atoms with Gasteiger partial charge in [-0.25, -0.2) is 0 Å². The number of phenolic OH excluding ortho intramolecular Hbond substituents is 2. The molecule has 33 heavy (non-hydrogen) atoms. The zero-order valence-electron chi connectivity index (χ0n) is 21.7. The lowest BCUT2D eigenvalue weighted by Gasteiger charge is -2.47. The molecule has 2 aromatic carbocycles. The predicted octanol–water partition coefficient (Wildman–Crippen LogP) is 8.61. The van der Waals surface area contributed by atoms with E-state index in [1.165, 1.54) is 73.6 Å². The van der Waals surface area contributed by atoms with E-state index in [1.807, 2.05) is 12.1 Å². The first-order chi connectivity index (χ1) is 15.6. The highest BCUT2D eigenvalue weighted by Gasteiger charge is 2.41. The summed E-state index contributed by atoms with van der Waals surface area (Å²) in [5.41, 5.74) is 7.55. The molecular formula is C31H44O2. The van der Waals surface area contributed by atoms with Gasteiger partial charge in [0.15, 0.2) is 0 Å². The Labute approximate surface area is 201 Å². The topological polar surface area (TPSA) is 40.5 Å². The monoisotopic (exact) mass is 448 g/mol. The number of phenols is 2. The Morgan fingerprint density at radius 1 is 0.576 bits per heavy atom. The summed E-state index contributed by atoms with van der Waals surface area (Å²) in [7, 11) is 0. The van der Waals surface area contributed by atoms with Crippen molar-refractivity contribution >= 4 is 0 Å². The van der Waals surface area contributed by atoms with Crippen LogP contribution >= 0.6 is 0 Å². The summed E-state index contributed by atoms with van der Waals surface area (Å²) in [5, 5.41) is 21.2. The molecule has 0 spiro atoms. The second-order valence-corrected chi connectivity index (χ2v) is 11.9. The Balaban J connectivity index is 1.38. The Morgan fingerprint density at radius 3 is 1.21 bits per heavy atom. The molecule has 2 heteroatoms. The van der Waals surface area contributed by atoms with Crippen LogP contribution in [0.3, 0.4) is 0 Å². The van der Waals surface area contributed by atoms with Crippen LogP contribution in [0.4, 0.5) is 0 Å². The smallest absolute Gasteiger partial charge is 0.119 e. The number of rotatable bonds is 4. The molecule has 0 amide bonds. The lowest BCUT2D eigenvalue weighted by atomic mass is 9.58. The maximum atomic E-state index is 10.6. The molecule has 0 aromatic heterocycles. The fraction of sp³-hybridized carbons (Fsp3) is 0.613. The molecule has 2 aliphatic carbocycles. The summed E-state index contributed by atoms with van der Waals surface area (Å²) < 4.78 is 0. The highest BCUT2D eigenvalue weighted by atomic mass is 16.3. The minimum atomic E-state index is 0.352. The zero-order chi connectivity index (χ0) is 23.9. The third kappa shape index (κ3) is 4.81. The van der Waals surface area contributed by atoms with E-state index in [2.05, 4.69) is 53.7 Å². The van der Waals surface area contributed by atoms with Gasteiger partial charge in [0.1, 0.15) is 11.5 Å². The average molecular weight is 449 g/mol. The van der Waals surface area contributed by atoms with Crippen LogP contribution < -0.4 is 0 Å². The lowest BCUT2D eigenvalue weighted by molar-refractivity contribution is 0.0509. The summed E-state index contributed by atoms with van der Waals surface area (Å²) in [6, 6.07) is 8.31. The summed E-state index contributed by atoms with van der Waals surface area (Å²) in [4.78, 5) is 0. The van der Waals surface area contributed by atoms with Gasteiger partial charge in [-0.15, -0.1) is 0 Å². The molecular weight excluding hydrogens is 404 g/mol. The van der Waals surface area contributed by atoms with Crippen LogP contribution in [0.25, 0.3) is 0 Å². The minimum absolute atomic E-state index is 0.352. The Bertz CT molecular complexity index is 860. The highest BCUT2D eigenvalue weighted by Crippen LogP contribution is 2.53. The fourth-order valence-electron chi connectivity index (χ4n) is 7.56. The van der Waals surface area contributed by atoms with Crippen molar-refractivity contribution in [2.45, 2.75) is 105 Å². The molecule has 2 aliphatic rings. The predicted molar refractivity (Wildman–Crippen MR) is 138 cm³/mol. The van der Waals surface area contributed by atoms with Crippen molar-refractivity contribution < 1.29 is 10.2 Å². The number of hydrogen-bond acceptors (Lipinski definition) is 2. The van der Waals surface area contributed by atoms with Crippen LogP contribution in [-0.2, 0) is 0 Å². The van der Waals surface area contributed by atoms with E-state index in [0.29, 0.717) is 28.7 Å². The van der Waals surface area contributed by atoms with Gasteiger partial charge < -0.3 is 10.2 Å². The summed E-state index contributed by atoms with van der Waals surface area (Å²) >= 11 is 0. The van der Waals surface area contributed by atoms with Gasteiger partial charge in [0, 0.05) is 0 Å². The zero-order valence-corrected chi connectivity index (χ0v) is 21.7. The van der Waals surface area contributed by atoms with Crippen molar-refractivity contribution in [3.8, 4) is 11.5 Å². The molecule has 0 aliphatic heterocycles. The Kier molecular flexibility index (Phi) is 6.85. The van der Waals surface area contributed by atoms with Crippen LogP contribution in [0.15, 0.2) is 24.3 Å². The number of hydrogen-bond donors (Lipinski definition) is 2. The summed E-state index contributed by atoms with van der Waals surface area (Å²) in [6.45, 7) is 13.5. The van der Waals surface area contributed by atoms with Crippen LogP contribution in [0, 0.1) is 44.9 Å². The van der Waals surface area contributed by atoms with Crippen molar-refractivity contribution in [3.05, 3.63) is 57.6 Å². The van der Waals surface area contributed by atoms with E-state index in [-0.39, 0.29) is 0 Å². The van der Waals surface area contributed by atoms with Crippen LogP contribution in [0.1, 0.15) is 110 Å². The molecule has 2 N–H and O–H groups in total. The highest BCUT2D eigenvalue weighted by molar-refractivity contribution is 5.45. The standard InChI is InChI=1S/C31H44O2/c1-19-15-21(3)29(27(32)17-19)23-7-11-25(12-8-23)31(5,6)26-13-9-24(10-14-26)30-22(4)16-20(2)18-28(30)33/h15-18,23-26,32-33H,7-14H2,1-6H3. The number of aryl methyl sites for hydroxylation is 4. The van der Waals surface area contributed by atoms with Gasteiger partial charge in [-0.3, -0.25) is 0 Å². The van der Waals surface area contributed by atoms with Crippen LogP contribution in [0.2, 0.25) is 0 Å². The SMILES string of the molecule is Cc1cc(C)c(C2CCC(C(C)(C)C3CCC(c4c(C)cc(C)cc4O)CC3)CC2)c(O)c1. The first-order valence-corrected chi connectivity index (χ1v) is 13.2. The molecule has 0 radical (unpaired) electrons. The van der Waals surface area contributed by atoms with Gasteiger partial charge >= 0.3 is 0 Å². The molecule has 2 nitrogen and oxygen atoms in total. The summed E-state index contributed by atoms with van der Waals surface area (Å²) in [6.07, 6.45) is 9.83. The average Bonchev–Trinajstić information content (AvgIpc) is 2.73. The van der Waals surface area contributed by atoms with Crippen molar-refractivity contribution in [1.82, 2.24) is 0 Å². The maximum Gasteiger partial charge on any atom is 0.119 e. The van der Waals surface area contributed by atoms with Crippen molar-refractivity contribution in [2.24, 2.45) is 17.3 Å². The van der Waals surface area contributed by atoms with Gasteiger partial charge in [0.25, 0.3) is 0 Å². The molecule has 0 unspecified atom stereocenters. The Hall–Kier alpha value is -1.96. The van der Waals surface area contributed by atoms with E-state index < -0.39 is 0 Å². The van der Waals surface area contributed by atoms with E-state index in [1.54, 1.807) is 0 Å². The van der Waals surface area contributed by atoms with Crippen molar-refractivity contribution in [1.29, 1.82) is 0 Å². The third-order valence-electron chi connectivity index (χ3n) is 9.39. The quantitative estimate of drug-likeness (QED) is 0.491. The molecule has 2 saturated carbocycles. The molecule has 0 saturated heterocycles. The van der Waals surface area contributed by atoms with Gasteiger partial charge in [0.2, 0.25) is 0 Å². The summed E-state index contributed by atoms with van der Waals surface area (Å²) in [5.74, 6) is 3.53. The largest absolute Gasteiger partial charge is 0.508 e. The molecule has 0 atom stereocenters. The molecule has 180 valence electrons. The van der Waals surface area contributed by atoms with Gasteiger partial charge in [-0.05, 0) is 154 Å². The third-order valence-corrected chi connectivity index (χ3v) is 9.39. The van der Waals surface area contributed by atoms with Gasteiger partial charge in [-0.2, -0.15) is 0 Å². The second-order valence-electron chi connectivity index (χ2n) is 11.9. The molecule has 2 fully saturated rings. The minimum Gasteiger partial charge on any atom is -0.508 e. The number of aromatic hydroxyl groups is 2. The fourth-order valence-corrected chi connectivity index (χ4v) is 7.56. The van der Waals surface area contributed by atoms with Crippen LogP contribution in [-0.4, -0.2) is 10.2 Å². The maximum absolute atomic E-state index is 10.6. The Morgan fingerprint density at radius 2 is 0.909 bits per heavy atom. The first kappa shape index (κ1) is 24.2. The molecule has 0 heterocycles. The van der Waals surface area contributed by atoms with Crippen molar-refractivity contribution in [2.75, 3.05) is 0 Å². The van der Waals surface area contributed by atoms with Gasteiger partial charge in [0.05, 0.1) is 0 Å². The molecule has 4 rings (SSSR count). The van der Waals surface area contributed by atoms with E-state index in [9.17, 15) is 10.2 Å². The number of benzene rings is 2. The normalized spacial score (nSPS) is 26.4. The van der Waals surface area contributed by atoms with Crippen LogP contribution in [0.5, 0.6) is 11.5 Å². The first-order valence-electron chi connectivity index (χ1n) is 13.2. The molecule has 0 bridgehead atoms. The lowest BCUT2D eigenvalue weighted by Crippen LogP contribution is -2.36. The van der Waals surface area contributed by atoms with Gasteiger partial charge in [-0.1, -0.05) is 26.0 Å². The van der Waals surface area contributed by atoms with E-state index >= 15 is 0 Å². The van der Waals surface area contributed by atoms with Crippen molar-refractivity contribution in [3.63, 3.8) is 0 Å². The van der Waals surface area contributed by atoms with E-state index in [0.717, 1.165) is 23.0 Å². The second kappa shape index (κ2) is 9.35. The van der Waals surface area contributed by atoms with E-state index in [4.69, 9.17) is 0 Å².